The van der Waals surface area contributed by atoms with Gasteiger partial charge in [0.1, 0.15) is 5.03 Å². The Morgan fingerprint density at radius 3 is 2.80 bits per heavy atom. The number of nitrogens with one attached hydrogen (secondary N) is 1. The molecule has 2 aromatic heterocycles. The lowest BCUT2D eigenvalue weighted by Gasteiger charge is -2.08. The van der Waals surface area contributed by atoms with E-state index in [2.05, 4.69) is 14.7 Å². The number of pyridine rings is 2. The smallest absolute Gasteiger partial charge is 0.117 e. The zero-order valence-corrected chi connectivity index (χ0v) is 12.4. The molecule has 2 heterocycles. The molecule has 0 fully saturated rings. The molecule has 3 nitrogen and oxygen atoms in total. The van der Waals surface area contributed by atoms with Crippen LogP contribution in [0.5, 0.6) is 0 Å². The summed E-state index contributed by atoms with van der Waals surface area (Å²) >= 11 is 7.43. The third-order valence-electron chi connectivity index (χ3n) is 2.89. The average molecular weight is 302 g/mol. The van der Waals surface area contributed by atoms with Crippen molar-refractivity contribution in [1.82, 2.24) is 9.97 Å². The molecule has 0 aliphatic heterocycles. The minimum atomic E-state index is 0.682. The van der Waals surface area contributed by atoms with Gasteiger partial charge in [-0.15, -0.1) is 0 Å². The highest BCUT2D eigenvalue weighted by Crippen LogP contribution is 2.26. The molecule has 20 heavy (non-hydrogen) atoms. The molecule has 0 atom stereocenters. The van der Waals surface area contributed by atoms with Crippen LogP contribution >= 0.6 is 23.5 Å². The van der Waals surface area contributed by atoms with Gasteiger partial charge in [0.25, 0.3) is 0 Å². The van der Waals surface area contributed by atoms with E-state index in [1.54, 1.807) is 6.20 Å². The molecule has 0 spiro atoms. The lowest BCUT2D eigenvalue weighted by atomic mass is 10.2. The Labute approximate surface area is 126 Å². The second kappa shape index (κ2) is 5.69. The van der Waals surface area contributed by atoms with E-state index in [-0.39, 0.29) is 0 Å². The Kier molecular flexibility index (Phi) is 3.76. The zero-order chi connectivity index (χ0) is 13.9. The number of nitrogens with zero attached hydrogens (tertiary/aromatic N) is 2. The Bertz CT molecular complexity index is 756. The Morgan fingerprint density at radius 1 is 1.10 bits per heavy atom. The molecule has 0 bridgehead atoms. The van der Waals surface area contributed by atoms with E-state index in [0.29, 0.717) is 5.02 Å². The van der Waals surface area contributed by atoms with Gasteiger partial charge in [0.05, 0.1) is 21.9 Å². The second-order valence-corrected chi connectivity index (χ2v) is 5.54. The summed E-state index contributed by atoms with van der Waals surface area (Å²) in [6.07, 6.45) is 1.79. The van der Waals surface area contributed by atoms with Gasteiger partial charge >= 0.3 is 0 Å². The molecule has 100 valence electrons. The Morgan fingerprint density at radius 2 is 1.95 bits per heavy atom. The number of rotatable bonds is 3. The molecule has 0 amide bonds. The highest BCUT2D eigenvalue weighted by Gasteiger charge is 2.04. The molecule has 0 aliphatic rings. The number of halogens is 1. The maximum atomic E-state index is 5.97. The van der Waals surface area contributed by atoms with Gasteiger partial charge in [-0.2, -0.15) is 0 Å². The van der Waals surface area contributed by atoms with Crippen LogP contribution in [-0.2, 0) is 0 Å². The van der Waals surface area contributed by atoms with E-state index in [1.165, 1.54) is 11.9 Å². The maximum Gasteiger partial charge on any atom is 0.117 e. The summed E-state index contributed by atoms with van der Waals surface area (Å²) in [5.41, 5.74) is 2.75. The minimum Gasteiger partial charge on any atom is -0.322 e. The van der Waals surface area contributed by atoms with E-state index in [1.807, 2.05) is 49.4 Å². The van der Waals surface area contributed by atoms with Crippen molar-refractivity contribution in [2.45, 2.75) is 11.9 Å². The van der Waals surface area contributed by atoms with Crippen molar-refractivity contribution in [3.05, 3.63) is 59.4 Å². The van der Waals surface area contributed by atoms with Gasteiger partial charge < -0.3 is 4.72 Å². The van der Waals surface area contributed by atoms with Crippen molar-refractivity contribution < 1.29 is 0 Å². The predicted octanol–water partition coefficient (Wildman–Crippen LogP) is 4.71. The fourth-order valence-corrected chi connectivity index (χ4v) is 2.67. The molecule has 0 saturated heterocycles. The lowest BCUT2D eigenvalue weighted by molar-refractivity contribution is 1.07. The molecule has 0 saturated carbocycles. The fourth-order valence-electron chi connectivity index (χ4n) is 1.87. The average Bonchev–Trinajstić information content (AvgIpc) is 2.48. The fraction of sp³-hybridized carbons (Fsp3) is 0.0667. The third-order valence-corrected chi connectivity index (χ3v) is 4.05. The van der Waals surface area contributed by atoms with Crippen LogP contribution in [0.4, 0.5) is 5.69 Å². The summed E-state index contributed by atoms with van der Waals surface area (Å²) < 4.78 is 3.30. The van der Waals surface area contributed by atoms with Crippen molar-refractivity contribution in [2.24, 2.45) is 0 Å². The summed E-state index contributed by atoms with van der Waals surface area (Å²) in [6.45, 7) is 1.89. The molecule has 0 unspecified atom stereocenters. The normalized spacial score (nSPS) is 10.7. The second-order valence-electron chi connectivity index (χ2n) is 4.30. The molecule has 1 N–H and O–H groups in total. The number of hydrogen-bond acceptors (Lipinski definition) is 4. The van der Waals surface area contributed by atoms with Gasteiger partial charge in [0, 0.05) is 23.5 Å². The first-order chi connectivity index (χ1) is 9.74. The van der Waals surface area contributed by atoms with E-state index in [9.17, 15) is 0 Å². The number of aromatic nitrogens is 2. The lowest BCUT2D eigenvalue weighted by Crippen LogP contribution is -1.92. The molecule has 5 heteroatoms. The summed E-state index contributed by atoms with van der Waals surface area (Å²) in [7, 11) is 0. The van der Waals surface area contributed by atoms with Crippen molar-refractivity contribution in [2.75, 3.05) is 4.72 Å². The number of para-hydroxylation sites is 1. The van der Waals surface area contributed by atoms with Gasteiger partial charge in [-0.1, -0.05) is 29.8 Å². The molecule has 0 aliphatic carbocycles. The summed E-state index contributed by atoms with van der Waals surface area (Å²) in [5, 5.41) is 2.67. The highest BCUT2D eigenvalue weighted by atomic mass is 35.5. The monoisotopic (exact) mass is 301 g/mol. The van der Waals surface area contributed by atoms with Crippen LogP contribution in [0.15, 0.2) is 53.7 Å². The Balaban J connectivity index is 1.85. The highest BCUT2D eigenvalue weighted by molar-refractivity contribution is 8.00. The van der Waals surface area contributed by atoms with Crippen molar-refractivity contribution >= 4 is 40.1 Å². The first kappa shape index (κ1) is 13.2. The first-order valence-corrected chi connectivity index (χ1v) is 7.33. The molecule has 0 radical (unpaired) electrons. The quantitative estimate of drug-likeness (QED) is 0.711. The molecule has 3 rings (SSSR count). The van der Waals surface area contributed by atoms with Crippen molar-refractivity contribution in [1.29, 1.82) is 0 Å². The van der Waals surface area contributed by atoms with Crippen LogP contribution in [0.2, 0.25) is 5.02 Å². The number of anilines is 1. The number of fused-ring (bicyclic) bond motifs is 1. The van der Waals surface area contributed by atoms with Crippen LogP contribution in [-0.4, -0.2) is 9.97 Å². The van der Waals surface area contributed by atoms with E-state index in [4.69, 9.17) is 11.6 Å². The number of benzene rings is 1. The van der Waals surface area contributed by atoms with Crippen molar-refractivity contribution in [3.8, 4) is 0 Å². The molecule has 3 aromatic rings. The topological polar surface area (TPSA) is 37.8 Å². The van der Waals surface area contributed by atoms with Crippen LogP contribution in [0, 0.1) is 6.92 Å². The van der Waals surface area contributed by atoms with Crippen LogP contribution in [0.3, 0.4) is 0 Å². The molecule has 1 aromatic carbocycles. The van der Waals surface area contributed by atoms with E-state index >= 15 is 0 Å². The molecular formula is C15H12ClN3S. The number of aryl methyl sites for hydroxylation is 1. The Hall–Kier alpha value is -1.78. The van der Waals surface area contributed by atoms with E-state index in [0.717, 1.165) is 27.3 Å². The largest absolute Gasteiger partial charge is 0.322 e. The van der Waals surface area contributed by atoms with Crippen LogP contribution < -0.4 is 4.72 Å². The molecular weight excluding hydrogens is 290 g/mol. The minimum absolute atomic E-state index is 0.682. The van der Waals surface area contributed by atoms with E-state index < -0.39 is 0 Å². The number of hydrogen-bond donors (Lipinski definition) is 1. The maximum absolute atomic E-state index is 5.97. The van der Waals surface area contributed by atoms with Gasteiger partial charge in [-0.3, -0.25) is 4.98 Å². The summed E-state index contributed by atoms with van der Waals surface area (Å²) in [4.78, 5) is 8.82. The summed E-state index contributed by atoms with van der Waals surface area (Å²) in [6, 6.07) is 13.8. The standard InChI is InChI=1S/C15H12ClN3S/c1-10-12(16)7-8-14(18-10)20-19-13-6-2-4-11-5-3-9-17-15(11)13/h2-9,19H,1H3. The SMILES string of the molecule is Cc1nc(SNc2cccc3cccnc23)ccc1Cl. The van der Waals surface area contributed by atoms with Gasteiger partial charge in [0.15, 0.2) is 0 Å². The van der Waals surface area contributed by atoms with Gasteiger partial charge in [0.2, 0.25) is 0 Å². The third kappa shape index (κ3) is 2.71. The first-order valence-electron chi connectivity index (χ1n) is 6.14. The van der Waals surface area contributed by atoms with Gasteiger partial charge in [-0.25, -0.2) is 4.98 Å². The van der Waals surface area contributed by atoms with Crippen LogP contribution in [0.25, 0.3) is 10.9 Å². The van der Waals surface area contributed by atoms with Crippen molar-refractivity contribution in [3.63, 3.8) is 0 Å². The zero-order valence-electron chi connectivity index (χ0n) is 10.8. The van der Waals surface area contributed by atoms with Crippen LogP contribution in [0.1, 0.15) is 5.69 Å². The predicted molar refractivity (Wildman–Crippen MR) is 85.2 cm³/mol. The summed E-state index contributed by atoms with van der Waals surface area (Å²) in [5.74, 6) is 0. The van der Waals surface area contributed by atoms with Gasteiger partial charge in [-0.05, 0) is 31.2 Å².